The van der Waals surface area contributed by atoms with Crippen molar-refractivity contribution >= 4 is 23.3 Å². The van der Waals surface area contributed by atoms with Crippen molar-refractivity contribution in [2.45, 2.75) is 59.0 Å². The largest absolute Gasteiger partial charge is 0.490 e. The van der Waals surface area contributed by atoms with Gasteiger partial charge in [0, 0.05) is 54.1 Å². The van der Waals surface area contributed by atoms with E-state index in [9.17, 15) is 8.78 Å². The van der Waals surface area contributed by atoms with Crippen LogP contribution in [0.1, 0.15) is 52.0 Å². The molecule has 0 amide bonds. The molecule has 1 aromatic heterocycles. The van der Waals surface area contributed by atoms with Gasteiger partial charge in [-0.25, -0.2) is 18.8 Å². The van der Waals surface area contributed by atoms with E-state index in [4.69, 9.17) is 21.9 Å². The van der Waals surface area contributed by atoms with Gasteiger partial charge in [-0.05, 0) is 19.8 Å². The van der Waals surface area contributed by atoms with Crippen molar-refractivity contribution in [3.63, 3.8) is 0 Å². The Bertz CT molecular complexity index is 905. The lowest BCUT2D eigenvalue weighted by atomic mass is 10.1. The number of ether oxygens (including phenoxy) is 1. The Kier molecular flexibility index (Phi) is 13.2. The molecule has 34 heavy (non-hydrogen) atoms. The van der Waals surface area contributed by atoms with Gasteiger partial charge in [-0.3, -0.25) is 4.99 Å². The van der Waals surface area contributed by atoms with Gasteiger partial charge in [0.25, 0.3) is 6.43 Å². The van der Waals surface area contributed by atoms with Crippen LogP contribution >= 0.6 is 0 Å². The number of rotatable bonds is 12. The van der Waals surface area contributed by atoms with Gasteiger partial charge in [0.2, 0.25) is 0 Å². The molecule has 188 valence electrons. The van der Waals surface area contributed by atoms with Gasteiger partial charge in [0.1, 0.15) is 17.4 Å². The van der Waals surface area contributed by atoms with Crippen molar-refractivity contribution in [3.05, 3.63) is 48.2 Å². The maximum absolute atomic E-state index is 12.9. The third-order valence-electron chi connectivity index (χ3n) is 4.35. The van der Waals surface area contributed by atoms with Crippen LogP contribution in [0.25, 0.3) is 5.57 Å². The van der Waals surface area contributed by atoms with Crippen LogP contribution in [0.4, 0.5) is 14.6 Å². The zero-order valence-electron chi connectivity index (χ0n) is 20.2. The fraction of sp³-hybridized carbons (Fsp3) is 0.458. The lowest BCUT2D eigenvalue weighted by Gasteiger charge is -2.14. The first-order valence-electron chi connectivity index (χ1n) is 11.3. The first-order chi connectivity index (χ1) is 16.2. The number of unbranched alkanes of at least 4 members (excludes halogenated alkanes) is 1. The van der Waals surface area contributed by atoms with E-state index < -0.39 is 6.43 Å². The average Bonchev–Trinajstić information content (AvgIpc) is 3.61. The van der Waals surface area contributed by atoms with Crippen molar-refractivity contribution in [1.29, 1.82) is 0 Å². The van der Waals surface area contributed by atoms with Gasteiger partial charge in [-0.2, -0.15) is 0 Å². The van der Waals surface area contributed by atoms with E-state index in [2.05, 4.69) is 40.7 Å². The topological polar surface area (TPSA) is 137 Å². The summed E-state index contributed by atoms with van der Waals surface area (Å²) in [5.74, 6) is 0.950. The summed E-state index contributed by atoms with van der Waals surface area (Å²) in [7, 11) is 0. The van der Waals surface area contributed by atoms with E-state index >= 15 is 0 Å². The highest BCUT2D eigenvalue weighted by atomic mass is 19.3. The minimum absolute atomic E-state index is 0.0806. The fourth-order valence-corrected chi connectivity index (χ4v) is 2.27. The smallest absolute Gasteiger partial charge is 0.276 e. The molecule has 1 aromatic rings. The SMILES string of the molecule is C=C(N)/C=C(\N=C(/C)C(F)F)Nc1cc(OC2CC2)c(/C(C=NCCN)=C/N)cn1.CCCC. The number of nitrogens with two attached hydrogens (primary N) is 3. The van der Waals surface area contributed by atoms with E-state index in [1.165, 1.54) is 32.0 Å². The Morgan fingerprint density at radius 2 is 2.03 bits per heavy atom. The molecule has 0 atom stereocenters. The zero-order chi connectivity index (χ0) is 25.5. The van der Waals surface area contributed by atoms with Crippen LogP contribution in [0, 0.1) is 0 Å². The summed E-state index contributed by atoms with van der Waals surface area (Å²) >= 11 is 0. The van der Waals surface area contributed by atoms with Crippen LogP contribution in [-0.4, -0.2) is 42.5 Å². The molecule has 0 aromatic carbocycles. The molecular weight excluding hydrogens is 440 g/mol. The number of alkyl halides is 2. The van der Waals surface area contributed by atoms with Crippen molar-refractivity contribution in [2.75, 3.05) is 18.4 Å². The molecule has 0 spiro atoms. The molecule has 0 radical (unpaired) electrons. The van der Waals surface area contributed by atoms with Gasteiger partial charge in [0.05, 0.1) is 18.4 Å². The lowest BCUT2D eigenvalue weighted by Crippen LogP contribution is -2.10. The maximum atomic E-state index is 12.9. The molecule has 1 aliphatic rings. The van der Waals surface area contributed by atoms with Crippen molar-refractivity contribution in [3.8, 4) is 5.75 Å². The van der Waals surface area contributed by atoms with E-state index in [0.29, 0.717) is 35.8 Å². The molecule has 1 aliphatic carbocycles. The molecular formula is C24H37F2N7O. The van der Waals surface area contributed by atoms with Gasteiger partial charge in [-0.15, -0.1) is 0 Å². The van der Waals surface area contributed by atoms with E-state index in [1.54, 1.807) is 18.5 Å². The Morgan fingerprint density at radius 3 is 2.53 bits per heavy atom. The Morgan fingerprint density at radius 1 is 1.35 bits per heavy atom. The predicted molar refractivity (Wildman–Crippen MR) is 137 cm³/mol. The molecule has 0 saturated heterocycles. The number of aromatic nitrogens is 1. The predicted octanol–water partition coefficient (Wildman–Crippen LogP) is 4.21. The molecule has 1 heterocycles. The molecule has 1 saturated carbocycles. The third kappa shape index (κ3) is 11.0. The number of pyridine rings is 1. The summed E-state index contributed by atoms with van der Waals surface area (Å²) in [6, 6.07) is 1.65. The molecule has 0 bridgehead atoms. The van der Waals surface area contributed by atoms with Crippen LogP contribution in [0.5, 0.6) is 5.75 Å². The van der Waals surface area contributed by atoms with Crippen LogP contribution in [0.2, 0.25) is 0 Å². The standard InChI is InChI=1S/C20H27F2N7O.C4H10/c1-12(25)7-19(28-13(2)20(21)22)29-18-8-17(30-15-3-4-15)16(11-27-18)14(9-24)10-26-6-5-23;1-3-4-2/h7-11,15,20H,1,3-6,23-25H2,2H3,(H,27,29);3-4H2,1-2H3/b14-9+,19-7+,26-10?,28-13+;. The third-order valence-corrected chi connectivity index (χ3v) is 4.35. The Balaban J connectivity index is 0.00000133. The second kappa shape index (κ2) is 15.5. The van der Waals surface area contributed by atoms with Crippen molar-refractivity contribution < 1.29 is 13.5 Å². The summed E-state index contributed by atoms with van der Waals surface area (Å²) in [5.41, 5.74) is 17.9. The van der Waals surface area contributed by atoms with Crippen LogP contribution in [-0.2, 0) is 0 Å². The number of nitrogens with one attached hydrogen (secondary N) is 1. The van der Waals surface area contributed by atoms with Crippen molar-refractivity contribution in [1.82, 2.24) is 4.98 Å². The molecule has 8 nitrogen and oxygen atoms in total. The minimum Gasteiger partial charge on any atom is -0.490 e. The van der Waals surface area contributed by atoms with Gasteiger partial charge in [0.15, 0.2) is 0 Å². The van der Waals surface area contributed by atoms with E-state index in [-0.39, 0.29) is 23.3 Å². The number of hydrogen-bond donors (Lipinski definition) is 4. The molecule has 2 rings (SSSR count). The van der Waals surface area contributed by atoms with Gasteiger partial charge >= 0.3 is 0 Å². The molecule has 7 N–H and O–H groups in total. The molecule has 10 heteroatoms. The number of aliphatic imine (C=N–C) groups is 2. The maximum Gasteiger partial charge on any atom is 0.276 e. The number of allylic oxidation sites excluding steroid dienone is 2. The summed E-state index contributed by atoms with van der Waals surface area (Å²) in [5, 5.41) is 2.87. The average molecular weight is 478 g/mol. The summed E-state index contributed by atoms with van der Waals surface area (Å²) in [6.45, 7) is 10.0. The molecule has 0 unspecified atom stereocenters. The number of nitrogens with zero attached hydrogens (tertiary/aromatic N) is 3. The summed E-state index contributed by atoms with van der Waals surface area (Å²) < 4.78 is 31.7. The zero-order valence-corrected chi connectivity index (χ0v) is 20.2. The van der Waals surface area contributed by atoms with Crippen LogP contribution in [0.3, 0.4) is 0 Å². The summed E-state index contributed by atoms with van der Waals surface area (Å²) in [6.07, 6.45) is 7.86. The lowest BCUT2D eigenvalue weighted by molar-refractivity contribution is 0.225. The Labute approximate surface area is 200 Å². The number of anilines is 1. The monoisotopic (exact) mass is 477 g/mol. The minimum atomic E-state index is -2.70. The highest BCUT2D eigenvalue weighted by Crippen LogP contribution is 2.33. The van der Waals surface area contributed by atoms with E-state index in [1.807, 2.05) is 0 Å². The van der Waals surface area contributed by atoms with Gasteiger partial charge in [-0.1, -0.05) is 33.3 Å². The highest BCUT2D eigenvalue weighted by molar-refractivity contribution is 6.10. The van der Waals surface area contributed by atoms with Gasteiger partial charge < -0.3 is 27.3 Å². The first kappa shape index (κ1) is 28.8. The van der Waals surface area contributed by atoms with Crippen molar-refractivity contribution in [2.24, 2.45) is 27.2 Å². The van der Waals surface area contributed by atoms with Crippen LogP contribution < -0.4 is 27.3 Å². The quantitative estimate of drug-likeness (QED) is 0.263. The Hall–Kier alpha value is -3.27. The molecule has 1 fully saturated rings. The first-order valence-corrected chi connectivity index (χ1v) is 11.3. The summed E-state index contributed by atoms with van der Waals surface area (Å²) in [4.78, 5) is 12.4. The number of hydrogen-bond acceptors (Lipinski definition) is 8. The second-order valence-electron chi connectivity index (χ2n) is 7.61. The second-order valence-corrected chi connectivity index (χ2v) is 7.61. The normalized spacial score (nSPS) is 14.7. The molecule has 0 aliphatic heterocycles. The van der Waals surface area contributed by atoms with E-state index in [0.717, 1.165) is 12.8 Å². The highest BCUT2D eigenvalue weighted by Gasteiger charge is 2.25. The number of halogens is 2. The van der Waals surface area contributed by atoms with Crippen LogP contribution in [0.15, 0.2) is 52.6 Å². The fourth-order valence-electron chi connectivity index (χ4n) is 2.27.